The maximum atomic E-state index is 5.35. The number of nitrogens with two attached hydrogens (primary N) is 1. The van der Waals surface area contributed by atoms with E-state index in [0.717, 1.165) is 11.3 Å². The molecule has 1 aromatic carbocycles. The van der Waals surface area contributed by atoms with Gasteiger partial charge in [-0.2, -0.15) is 0 Å². The number of H-pyrrole nitrogens is 1. The van der Waals surface area contributed by atoms with Gasteiger partial charge in [-0.25, -0.2) is 10.8 Å². The van der Waals surface area contributed by atoms with Crippen LogP contribution in [0.1, 0.15) is 0 Å². The lowest BCUT2D eigenvalue weighted by Crippen LogP contribution is -2.07. The predicted octanol–water partition coefficient (Wildman–Crippen LogP) is 1.39. The molecule has 0 saturated carbocycles. The molecule has 0 bridgehead atoms. The number of aromatic amines is 1. The summed E-state index contributed by atoms with van der Waals surface area (Å²) in [6.07, 6.45) is 1.65. The van der Waals surface area contributed by atoms with Gasteiger partial charge in [0, 0.05) is 11.6 Å². The summed E-state index contributed by atoms with van der Waals surface area (Å²) in [5, 5.41) is 0. The van der Waals surface area contributed by atoms with Crippen LogP contribution in [0.3, 0.4) is 0 Å². The van der Waals surface area contributed by atoms with Crippen molar-refractivity contribution in [2.24, 2.45) is 5.84 Å². The van der Waals surface area contributed by atoms with Crippen molar-refractivity contribution in [3.63, 3.8) is 0 Å². The van der Waals surface area contributed by atoms with Crippen LogP contribution in [0.25, 0.3) is 11.3 Å². The summed E-state index contributed by atoms with van der Waals surface area (Å²) in [5.41, 5.74) is 4.00. The van der Waals surface area contributed by atoms with E-state index in [2.05, 4.69) is 15.4 Å². The van der Waals surface area contributed by atoms with Gasteiger partial charge in [-0.15, -0.1) is 0 Å². The smallest absolute Gasteiger partial charge is 0.215 e. The van der Waals surface area contributed by atoms with Crippen molar-refractivity contribution in [2.45, 2.75) is 0 Å². The number of benzene rings is 1. The van der Waals surface area contributed by atoms with Gasteiger partial charge in [0.2, 0.25) is 5.95 Å². The Bertz CT molecular complexity index is 568. The van der Waals surface area contributed by atoms with Gasteiger partial charge in [0.25, 0.3) is 0 Å². The van der Waals surface area contributed by atoms with Gasteiger partial charge in [-0.05, 0) is 6.07 Å². The van der Waals surface area contributed by atoms with Crippen molar-refractivity contribution in [2.75, 3.05) is 26.8 Å². The van der Waals surface area contributed by atoms with Crippen LogP contribution in [0.5, 0.6) is 17.2 Å². The molecule has 0 amide bonds. The molecule has 1 aromatic heterocycles. The average Bonchev–Trinajstić information content (AvgIpc) is 2.94. The molecule has 0 aliphatic carbocycles. The molecule has 7 heteroatoms. The average molecular weight is 264 g/mol. The third kappa shape index (κ3) is 2.41. The number of hydrogen-bond acceptors (Lipinski definition) is 6. The van der Waals surface area contributed by atoms with Crippen molar-refractivity contribution < 1.29 is 14.2 Å². The number of hydrazine groups is 1. The molecule has 4 N–H and O–H groups in total. The molecule has 2 aromatic rings. The summed E-state index contributed by atoms with van der Waals surface area (Å²) < 4.78 is 15.9. The topological polar surface area (TPSA) is 94.4 Å². The summed E-state index contributed by atoms with van der Waals surface area (Å²) >= 11 is 0. The first-order valence-corrected chi connectivity index (χ1v) is 5.55. The number of nitrogen functional groups attached to an aromatic ring is 1. The van der Waals surface area contributed by atoms with E-state index in [9.17, 15) is 0 Å². The van der Waals surface area contributed by atoms with Gasteiger partial charge in [-0.1, -0.05) is 0 Å². The highest BCUT2D eigenvalue weighted by Gasteiger charge is 2.14. The van der Waals surface area contributed by atoms with Crippen molar-refractivity contribution in [1.29, 1.82) is 0 Å². The maximum absolute atomic E-state index is 5.35. The Hall–Kier alpha value is -2.41. The van der Waals surface area contributed by atoms with Gasteiger partial charge in [-0.3, -0.25) is 5.43 Å². The summed E-state index contributed by atoms with van der Waals surface area (Å²) in [5.74, 6) is 7.61. The van der Waals surface area contributed by atoms with E-state index in [1.54, 1.807) is 33.6 Å². The fourth-order valence-electron chi connectivity index (χ4n) is 1.77. The van der Waals surface area contributed by atoms with Gasteiger partial charge in [0.05, 0.1) is 33.2 Å². The van der Waals surface area contributed by atoms with E-state index in [4.69, 9.17) is 20.1 Å². The Morgan fingerprint density at radius 1 is 1.05 bits per heavy atom. The lowest BCUT2D eigenvalue weighted by atomic mass is 10.1. The normalized spacial score (nSPS) is 10.1. The fourth-order valence-corrected chi connectivity index (χ4v) is 1.77. The third-order valence-electron chi connectivity index (χ3n) is 2.71. The molecule has 0 aliphatic rings. The van der Waals surface area contributed by atoms with Crippen LogP contribution in [0.15, 0.2) is 18.3 Å². The van der Waals surface area contributed by atoms with Crippen LogP contribution in [0.4, 0.5) is 5.95 Å². The Balaban J connectivity index is 2.54. The molecule has 0 unspecified atom stereocenters. The van der Waals surface area contributed by atoms with E-state index in [0.29, 0.717) is 23.2 Å². The van der Waals surface area contributed by atoms with Gasteiger partial charge < -0.3 is 19.2 Å². The van der Waals surface area contributed by atoms with Crippen molar-refractivity contribution in [1.82, 2.24) is 9.97 Å². The number of methoxy groups -OCH3 is 3. The number of aromatic nitrogens is 2. The second-order valence-corrected chi connectivity index (χ2v) is 3.70. The molecule has 0 aliphatic heterocycles. The van der Waals surface area contributed by atoms with E-state index in [1.807, 2.05) is 6.07 Å². The standard InChI is InChI=1S/C12H16N4O3/c1-17-9-5-11(19-3)10(18-2)4-7(9)8-6-14-12(15-8)16-13/h4-6H,13H2,1-3H3,(H2,14,15,16). The number of hydrogen-bond donors (Lipinski definition) is 3. The zero-order valence-corrected chi connectivity index (χ0v) is 11.0. The molecule has 19 heavy (non-hydrogen) atoms. The Morgan fingerprint density at radius 3 is 2.21 bits per heavy atom. The molecular formula is C12H16N4O3. The molecule has 0 spiro atoms. The first kappa shape index (κ1) is 13.0. The molecule has 102 valence electrons. The molecular weight excluding hydrogens is 248 g/mol. The van der Waals surface area contributed by atoms with Crippen LogP contribution < -0.4 is 25.5 Å². The van der Waals surface area contributed by atoms with Crippen molar-refractivity contribution in [3.05, 3.63) is 18.3 Å². The van der Waals surface area contributed by atoms with E-state index in [-0.39, 0.29) is 0 Å². The zero-order valence-electron chi connectivity index (χ0n) is 11.0. The minimum Gasteiger partial charge on any atom is -0.496 e. The molecule has 0 fully saturated rings. The number of ether oxygens (including phenoxy) is 3. The fraction of sp³-hybridized carbons (Fsp3) is 0.250. The quantitative estimate of drug-likeness (QED) is 0.558. The molecule has 0 radical (unpaired) electrons. The van der Waals surface area contributed by atoms with Crippen LogP contribution in [-0.4, -0.2) is 31.3 Å². The predicted molar refractivity (Wildman–Crippen MR) is 71.5 cm³/mol. The molecule has 2 rings (SSSR count). The summed E-state index contributed by atoms with van der Waals surface area (Å²) in [6.45, 7) is 0. The summed E-state index contributed by atoms with van der Waals surface area (Å²) in [4.78, 5) is 7.08. The second-order valence-electron chi connectivity index (χ2n) is 3.70. The summed E-state index contributed by atoms with van der Waals surface area (Å²) in [6, 6.07) is 3.57. The van der Waals surface area contributed by atoms with E-state index in [1.165, 1.54) is 0 Å². The maximum Gasteiger partial charge on any atom is 0.215 e. The highest BCUT2D eigenvalue weighted by molar-refractivity contribution is 5.72. The number of nitrogens with one attached hydrogen (secondary N) is 2. The van der Waals surface area contributed by atoms with Crippen LogP contribution >= 0.6 is 0 Å². The molecule has 0 saturated heterocycles. The lowest BCUT2D eigenvalue weighted by Gasteiger charge is -2.13. The highest BCUT2D eigenvalue weighted by Crippen LogP contribution is 2.39. The Morgan fingerprint density at radius 2 is 1.68 bits per heavy atom. The molecule has 1 heterocycles. The summed E-state index contributed by atoms with van der Waals surface area (Å²) in [7, 11) is 4.74. The van der Waals surface area contributed by atoms with Gasteiger partial charge >= 0.3 is 0 Å². The number of imidazole rings is 1. The molecule has 7 nitrogen and oxygen atoms in total. The number of nitrogens with zero attached hydrogens (tertiary/aromatic N) is 1. The minimum absolute atomic E-state index is 0.465. The van der Waals surface area contributed by atoms with Crippen LogP contribution in [0.2, 0.25) is 0 Å². The lowest BCUT2D eigenvalue weighted by molar-refractivity contribution is 0.349. The first-order chi connectivity index (χ1) is 9.23. The van der Waals surface area contributed by atoms with Gasteiger partial charge in [0.1, 0.15) is 5.75 Å². The van der Waals surface area contributed by atoms with Crippen LogP contribution in [0, 0.1) is 0 Å². The van der Waals surface area contributed by atoms with Crippen molar-refractivity contribution in [3.8, 4) is 28.5 Å². The SMILES string of the molecule is COc1cc(OC)c(-c2cnc(NN)[nH]2)cc1OC. The largest absolute Gasteiger partial charge is 0.496 e. The minimum atomic E-state index is 0.465. The Kier molecular flexibility index (Phi) is 3.76. The highest BCUT2D eigenvalue weighted by atomic mass is 16.5. The first-order valence-electron chi connectivity index (χ1n) is 5.55. The number of rotatable bonds is 5. The number of anilines is 1. The van der Waals surface area contributed by atoms with E-state index < -0.39 is 0 Å². The zero-order chi connectivity index (χ0) is 13.8. The van der Waals surface area contributed by atoms with Gasteiger partial charge in [0.15, 0.2) is 11.5 Å². The van der Waals surface area contributed by atoms with E-state index >= 15 is 0 Å². The Labute approximate surface area is 110 Å². The monoisotopic (exact) mass is 264 g/mol. The van der Waals surface area contributed by atoms with Crippen LogP contribution in [-0.2, 0) is 0 Å². The third-order valence-corrected chi connectivity index (χ3v) is 2.71. The van der Waals surface area contributed by atoms with Crippen molar-refractivity contribution >= 4 is 5.95 Å². The second kappa shape index (κ2) is 5.49. The molecule has 0 atom stereocenters.